The molecule has 2 nitrogen and oxygen atoms in total. The summed E-state index contributed by atoms with van der Waals surface area (Å²) in [5.74, 6) is -1.52. The van der Waals surface area contributed by atoms with Crippen LogP contribution in [-0.4, -0.2) is 17.7 Å². The molecule has 6 heteroatoms. The summed E-state index contributed by atoms with van der Waals surface area (Å²) in [6, 6.07) is 3.54. The first-order valence-corrected chi connectivity index (χ1v) is 5.98. The van der Waals surface area contributed by atoms with Crippen LogP contribution in [0.3, 0.4) is 0 Å². The molecule has 0 amide bonds. The fourth-order valence-corrected chi connectivity index (χ4v) is 2.46. The standard InChI is InChI=1S/C14H12F4O2/c1-2-6-13(20-14(16,17)18)7-5-9-3-4-10(15)8-11(9)12(13)19/h2-4,8H,1,5-7H2. The van der Waals surface area contributed by atoms with E-state index in [1.54, 1.807) is 0 Å². The number of hydrogen-bond donors (Lipinski definition) is 0. The molecule has 0 aliphatic heterocycles. The number of aryl methyl sites for hydroxylation is 1. The Morgan fingerprint density at radius 1 is 1.40 bits per heavy atom. The Hall–Kier alpha value is -1.69. The van der Waals surface area contributed by atoms with E-state index in [0.717, 1.165) is 6.07 Å². The molecule has 0 aromatic heterocycles. The summed E-state index contributed by atoms with van der Waals surface area (Å²) < 4.78 is 54.9. The number of alkyl halides is 3. The first-order chi connectivity index (χ1) is 9.27. The molecule has 1 aromatic carbocycles. The Morgan fingerprint density at radius 3 is 2.70 bits per heavy atom. The van der Waals surface area contributed by atoms with E-state index in [9.17, 15) is 22.4 Å². The zero-order chi connectivity index (χ0) is 15.0. The van der Waals surface area contributed by atoms with Gasteiger partial charge >= 0.3 is 6.36 Å². The van der Waals surface area contributed by atoms with E-state index >= 15 is 0 Å². The fourth-order valence-electron chi connectivity index (χ4n) is 2.46. The average Bonchev–Trinajstić information content (AvgIpc) is 2.33. The molecule has 0 fully saturated rings. The van der Waals surface area contributed by atoms with Crippen LogP contribution in [0.1, 0.15) is 28.8 Å². The summed E-state index contributed by atoms with van der Waals surface area (Å²) >= 11 is 0. The van der Waals surface area contributed by atoms with Gasteiger partial charge in [-0.3, -0.25) is 9.53 Å². The van der Waals surface area contributed by atoms with Gasteiger partial charge in [0.1, 0.15) is 11.4 Å². The Morgan fingerprint density at radius 2 is 2.10 bits per heavy atom. The van der Waals surface area contributed by atoms with Gasteiger partial charge in [-0.1, -0.05) is 12.1 Å². The molecule has 0 saturated carbocycles. The third kappa shape index (κ3) is 2.75. The predicted octanol–water partition coefficient (Wildman–Crippen LogP) is 3.81. The Balaban J connectivity index is 2.45. The minimum absolute atomic E-state index is 0.0534. The molecular weight excluding hydrogens is 276 g/mol. The van der Waals surface area contributed by atoms with Crippen LogP contribution in [0.4, 0.5) is 17.6 Å². The van der Waals surface area contributed by atoms with Crippen LogP contribution in [-0.2, 0) is 11.2 Å². The molecule has 0 radical (unpaired) electrons. The van der Waals surface area contributed by atoms with Crippen LogP contribution in [0.25, 0.3) is 0 Å². The van der Waals surface area contributed by atoms with Gasteiger partial charge in [0, 0.05) is 12.0 Å². The van der Waals surface area contributed by atoms with Gasteiger partial charge < -0.3 is 0 Å². The van der Waals surface area contributed by atoms with Crippen LogP contribution in [0.5, 0.6) is 0 Å². The lowest BCUT2D eigenvalue weighted by molar-refractivity contribution is -0.357. The normalized spacial score (nSPS) is 22.5. The Labute approximate surface area is 113 Å². The number of ketones is 1. The minimum Gasteiger partial charge on any atom is -0.291 e. The molecule has 108 valence electrons. The summed E-state index contributed by atoms with van der Waals surface area (Å²) in [5, 5.41) is 0. The molecular formula is C14H12F4O2. The van der Waals surface area contributed by atoms with Crippen molar-refractivity contribution in [1.29, 1.82) is 0 Å². The predicted molar refractivity (Wildman–Crippen MR) is 63.7 cm³/mol. The fraction of sp³-hybridized carbons (Fsp3) is 0.357. The van der Waals surface area contributed by atoms with Crippen LogP contribution in [0, 0.1) is 5.82 Å². The quantitative estimate of drug-likeness (QED) is 0.624. The second kappa shape index (κ2) is 5.01. The molecule has 0 spiro atoms. The summed E-state index contributed by atoms with van der Waals surface area (Å²) in [6.45, 7) is 3.36. The van der Waals surface area contributed by atoms with Gasteiger partial charge in [0.25, 0.3) is 0 Å². The molecule has 20 heavy (non-hydrogen) atoms. The first kappa shape index (κ1) is 14.7. The van der Waals surface area contributed by atoms with Crippen molar-refractivity contribution < 1.29 is 27.1 Å². The molecule has 0 bridgehead atoms. The monoisotopic (exact) mass is 288 g/mol. The summed E-state index contributed by atoms with van der Waals surface area (Å²) in [6.07, 6.45) is -3.92. The molecule has 1 unspecified atom stereocenters. The van der Waals surface area contributed by atoms with Gasteiger partial charge in [-0.2, -0.15) is 0 Å². The van der Waals surface area contributed by atoms with Crippen molar-refractivity contribution in [1.82, 2.24) is 0 Å². The average molecular weight is 288 g/mol. The number of Topliss-reactive ketones (excluding diaryl/α,β-unsaturated/α-hetero) is 1. The third-order valence-corrected chi connectivity index (χ3v) is 3.31. The second-order valence-electron chi connectivity index (χ2n) is 4.67. The third-order valence-electron chi connectivity index (χ3n) is 3.31. The number of ether oxygens (including phenoxy) is 1. The highest BCUT2D eigenvalue weighted by atomic mass is 19.4. The van der Waals surface area contributed by atoms with Crippen molar-refractivity contribution in [3.05, 3.63) is 47.8 Å². The topological polar surface area (TPSA) is 26.3 Å². The van der Waals surface area contributed by atoms with E-state index in [0.29, 0.717) is 5.56 Å². The number of fused-ring (bicyclic) bond motifs is 1. The van der Waals surface area contributed by atoms with Crippen molar-refractivity contribution in [2.45, 2.75) is 31.2 Å². The molecule has 2 rings (SSSR count). The number of carbonyl (C=O) groups excluding carboxylic acids is 1. The maximum absolute atomic E-state index is 13.2. The lowest BCUT2D eigenvalue weighted by Gasteiger charge is -2.36. The van der Waals surface area contributed by atoms with Crippen molar-refractivity contribution in [2.75, 3.05) is 0 Å². The number of hydrogen-bond acceptors (Lipinski definition) is 2. The van der Waals surface area contributed by atoms with E-state index in [4.69, 9.17) is 0 Å². The highest BCUT2D eigenvalue weighted by Gasteiger charge is 2.50. The van der Waals surface area contributed by atoms with Crippen molar-refractivity contribution >= 4 is 5.78 Å². The smallest absolute Gasteiger partial charge is 0.291 e. The van der Waals surface area contributed by atoms with E-state index in [-0.39, 0.29) is 24.8 Å². The van der Waals surface area contributed by atoms with Crippen LogP contribution < -0.4 is 0 Å². The maximum Gasteiger partial charge on any atom is 0.523 e. The minimum atomic E-state index is -4.94. The van der Waals surface area contributed by atoms with Gasteiger partial charge in [-0.25, -0.2) is 4.39 Å². The van der Waals surface area contributed by atoms with E-state index in [2.05, 4.69) is 11.3 Å². The summed E-state index contributed by atoms with van der Waals surface area (Å²) in [7, 11) is 0. The van der Waals surface area contributed by atoms with Gasteiger partial charge in [0.05, 0.1) is 0 Å². The van der Waals surface area contributed by atoms with Gasteiger partial charge in [-0.15, -0.1) is 19.8 Å². The summed E-state index contributed by atoms with van der Waals surface area (Å²) in [5.41, 5.74) is -1.56. The van der Waals surface area contributed by atoms with Crippen LogP contribution >= 0.6 is 0 Å². The van der Waals surface area contributed by atoms with Crippen molar-refractivity contribution in [2.24, 2.45) is 0 Å². The number of halogens is 4. The van der Waals surface area contributed by atoms with E-state index < -0.39 is 23.6 Å². The first-order valence-electron chi connectivity index (χ1n) is 5.98. The highest BCUT2D eigenvalue weighted by molar-refractivity contribution is 6.04. The zero-order valence-electron chi connectivity index (χ0n) is 10.5. The van der Waals surface area contributed by atoms with Gasteiger partial charge in [0.2, 0.25) is 0 Å². The maximum atomic E-state index is 13.2. The van der Waals surface area contributed by atoms with Gasteiger partial charge in [-0.05, 0) is 30.5 Å². The number of carbonyl (C=O) groups is 1. The van der Waals surface area contributed by atoms with Crippen molar-refractivity contribution in [3.63, 3.8) is 0 Å². The molecule has 1 aromatic rings. The Bertz CT molecular complexity index is 551. The zero-order valence-corrected chi connectivity index (χ0v) is 10.5. The molecule has 0 heterocycles. The number of benzene rings is 1. The van der Waals surface area contributed by atoms with Crippen LogP contribution in [0.15, 0.2) is 30.9 Å². The highest BCUT2D eigenvalue weighted by Crippen LogP contribution is 2.39. The molecule has 1 aliphatic rings. The Kier molecular flexibility index (Phi) is 3.69. The van der Waals surface area contributed by atoms with Crippen molar-refractivity contribution in [3.8, 4) is 0 Å². The second-order valence-corrected chi connectivity index (χ2v) is 4.67. The van der Waals surface area contributed by atoms with Gasteiger partial charge in [0.15, 0.2) is 5.78 Å². The summed E-state index contributed by atoms with van der Waals surface area (Å²) in [4.78, 5) is 12.3. The lowest BCUT2D eigenvalue weighted by atomic mass is 9.77. The SMILES string of the molecule is C=CCC1(OC(F)(F)F)CCc2ccc(F)cc2C1=O. The molecule has 1 atom stereocenters. The largest absolute Gasteiger partial charge is 0.523 e. The lowest BCUT2D eigenvalue weighted by Crippen LogP contribution is -2.48. The van der Waals surface area contributed by atoms with E-state index in [1.165, 1.54) is 18.2 Å². The van der Waals surface area contributed by atoms with Crippen LogP contribution in [0.2, 0.25) is 0 Å². The molecule has 1 aliphatic carbocycles. The van der Waals surface area contributed by atoms with E-state index in [1.807, 2.05) is 0 Å². The molecule has 0 N–H and O–H groups in total. The molecule has 0 saturated heterocycles. The number of rotatable bonds is 3.